The number of hydrogen-bond donors (Lipinski definition) is 0. The maximum absolute atomic E-state index is 13.6. The van der Waals surface area contributed by atoms with Crippen molar-refractivity contribution in [2.75, 3.05) is 0 Å². The number of aromatic nitrogens is 3. The number of benzene rings is 1. The van der Waals surface area contributed by atoms with Crippen molar-refractivity contribution in [3.05, 3.63) is 58.9 Å². The van der Waals surface area contributed by atoms with Gasteiger partial charge in [-0.25, -0.2) is 9.37 Å². The van der Waals surface area contributed by atoms with Crippen molar-refractivity contribution in [1.82, 2.24) is 14.5 Å². The Labute approximate surface area is 131 Å². The highest BCUT2D eigenvalue weighted by Crippen LogP contribution is 2.29. The molecule has 0 fully saturated rings. The Morgan fingerprint density at radius 3 is 2.81 bits per heavy atom. The van der Waals surface area contributed by atoms with E-state index >= 15 is 0 Å². The van der Waals surface area contributed by atoms with Crippen LogP contribution in [0.4, 0.5) is 4.39 Å². The van der Waals surface area contributed by atoms with Crippen LogP contribution < -0.4 is 0 Å². The third kappa shape index (κ3) is 2.49. The van der Waals surface area contributed by atoms with Gasteiger partial charge < -0.3 is 4.57 Å². The third-order valence-electron chi connectivity index (χ3n) is 3.43. The van der Waals surface area contributed by atoms with E-state index in [0.29, 0.717) is 11.3 Å². The molecule has 0 aliphatic carbocycles. The van der Waals surface area contributed by atoms with E-state index in [9.17, 15) is 4.39 Å². The Hall–Kier alpha value is -1.65. The van der Waals surface area contributed by atoms with Crippen LogP contribution in [-0.2, 0) is 5.88 Å². The standard InChI is InChI=1S/C15H12Cl2FN3/c1-9(12-4-2-3-5-19-12)21-14-6-10(17)11(18)7-13(14)20-15(21)8-16/h2-7,9H,8H2,1H3. The van der Waals surface area contributed by atoms with Gasteiger partial charge in [-0.1, -0.05) is 17.7 Å². The molecule has 0 saturated heterocycles. The van der Waals surface area contributed by atoms with Crippen LogP contribution in [0.25, 0.3) is 11.0 Å². The van der Waals surface area contributed by atoms with E-state index in [-0.39, 0.29) is 16.9 Å². The maximum Gasteiger partial charge on any atom is 0.144 e. The van der Waals surface area contributed by atoms with Crippen LogP contribution in [0.15, 0.2) is 36.5 Å². The molecule has 21 heavy (non-hydrogen) atoms. The summed E-state index contributed by atoms with van der Waals surface area (Å²) in [5.41, 5.74) is 2.16. The second-order valence-electron chi connectivity index (χ2n) is 4.72. The van der Waals surface area contributed by atoms with Gasteiger partial charge in [-0.15, -0.1) is 11.6 Å². The van der Waals surface area contributed by atoms with Gasteiger partial charge in [0.1, 0.15) is 11.6 Å². The summed E-state index contributed by atoms with van der Waals surface area (Å²) in [4.78, 5) is 8.74. The van der Waals surface area contributed by atoms with Crippen molar-refractivity contribution in [3.8, 4) is 0 Å². The molecule has 3 nitrogen and oxygen atoms in total. The molecule has 1 atom stereocenters. The van der Waals surface area contributed by atoms with Gasteiger partial charge >= 0.3 is 0 Å². The fourth-order valence-corrected chi connectivity index (χ4v) is 2.77. The molecule has 1 unspecified atom stereocenters. The molecule has 2 heterocycles. The molecule has 0 spiro atoms. The van der Waals surface area contributed by atoms with Crippen LogP contribution in [0.3, 0.4) is 0 Å². The lowest BCUT2D eigenvalue weighted by molar-refractivity contribution is 0.615. The van der Waals surface area contributed by atoms with E-state index in [1.54, 1.807) is 12.3 Å². The number of pyridine rings is 1. The quantitative estimate of drug-likeness (QED) is 0.661. The summed E-state index contributed by atoms with van der Waals surface area (Å²) in [7, 11) is 0. The van der Waals surface area contributed by atoms with Crippen LogP contribution in [0.5, 0.6) is 0 Å². The van der Waals surface area contributed by atoms with E-state index in [4.69, 9.17) is 23.2 Å². The molecule has 0 amide bonds. The second-order valence-corrected chi connectivity index (χ2v) is 5.39. The fourth-order valence-electron chi connectivity index (χ4n) is 2.42. The first-order valence-corrected chi connectivity index (χ1v) is 7.36. The van der Waals surface area contributed by atoms with Crippen LogP contribution >= 0.6 is 23.2 Å². The van der Waals surface area contributed by atoms with Crippen molar-refractivity contribution in [2.24, 2.45) is 0 Å². The molecule has 2 aromatic heterocycles. The van der Waals surface area contributed by atoms with E-state index < -0.39 is 5.82 Å². The molecule has 0 N–H and O–H groups in total. The molecule has 108 valence electrons. The molecular formula is C15H12Cl2FN3. The third-order valence-corrected chi connectivity index (χ3v) is 3.96. The Bertz CT molecular complexity index is 786. The topological polar surface area (TPSA) is 30.7 Å². The maximum atomic E-state index is 13.6. The predicted octanol–water partition coefficient (Wildman–Crippen LogP) is 4.57. The lowest BCUT2D eigenvalue weighted by atomic mass is 10.2. The van der Waals surface area contributed by atoms with Gasteiger partial charge in [0.15, 0.2) is 0 Å². The average molecular weight is 324 g/mol. The summed E-state index contributed by atoms with van der Waals surface area (Å²) in [6.07, 6.45) is 1.73. The van der Waals surface area contributed by atoms with Gasteiger partial charge in [-0.05, 0) is 25.1 Å². The van der Waals surface area contributed by atoms with E-state index in [2.05, 4.69) is 9.97 Å². The van der Waals surface area contributed by atoms with Gasteiger partial charge in [0.05, 0.1) is 33.7 Å². The van der Waals surface area contributed by atoms with Crippen molar-refractivity contribution in [3.63, 3.8) is 0 Å². The van der Waals surface area contributed by atoms with E-state index in [1.807, 2.05) is 29.7 Å². The van der Waals surface area contributed by atoms with Crippen LogP contribution in [0.2, 0.25) is 5.02 Å². The minimum absolute atomic E-state index is 0.0676. The van der Waals surface area contributed by atoms with Gasteiger partial charge in [-0.3, -0.25) is 4.98 Å². The summed E-state index contributed by atoms with van der Waals surface area (Å²) in [6.45, 7) is 2.00. The first kappa shape index (κ1) is 14.3. The zero-order chi connectivity index (χ0) is 15.0. The normalized spacial score (nSPS) is 12.8. The smallest absolute Gasteiger partial charge is 0.144 e. The number of imidazole rings is 1. The summed E-state index contributed by atoms with van der Waals surface area (Å²) < 4.78 is 15.5. The predicted molar refractivity (Wildman–Crippen MR) is 82.3 cm³/mol. The molecule has 6 heteroatoms. The number of hydrogen-bond acceptors (Lipinski definition) is 2. The summed E-state index contributed by atoms with van der Waals surface area (Å²) in [5.74, 6) is 0.400. The number of nitrogens with zero attached hydrogens (tertiary/aromatic N) is 3. The molecule has 0 aliphatic rings. The van der Waals surface area contributed by atoms with E-state index in [0.717, 1.165) is 11.2 Å². The highest BCUT2D eigenvalue weighted by molar-refractivity contribution is 6.31. The van der Waals surface area contributed by atoms with E-state index in [1.165, 1.54) is 6.07 Å². The van der Waals surface area contributed by atoms with Gasteiger partial charge in [-0.2, -0.15) is 0 Å². The number of halogens is 3. The summed E-state index contributed by atoms with van der Waals surface area (Å²) in [5, 5.41) is 0.0676. The molecule has 0 bridgehead atoms. The van der Waals surface area contributed by atoms with Crippen molar-refractivity contribution in [2.45, 2.75) is 18.8 Å². The molecule has 0 radical (unpaired) electrons. The average Bonchev–Trinajstić information content (AvgIpc) is 2.85. The Balaban J connectivity index is 2.23. The molecule has 3 rings (SSSR count). The molecule has 3 aromatic rings. The molecule has 0 aliphatic heterocycles. The number of fused-ring (bicyclic) bond motifs is 1. The highest BCUT2D eigenvalue weighted by atomic mass is 35.5. The molecule has 1 aromatic carbocycles. The lowest BCUT2D eigenvalue weighted by Crippen LogP contribution is -2.11. The number of rotatable bonds is 3. The minimum atomic E-state index is -0.486. The Kier molecular flexibility index (Phi) is 3.83. The molecule has 0 saturated carbocycles. The van der Waals surface area contributed by atoms with Gasteiger partial charge in [0, 0.05) is 12.3 Å². The minimum Gasteiger partial charge on any atom is -0.318 e. The largest absolute Gasteiger partial charge is 0.318 e. The Morgan fingerprint density at radius 2 is 2.14 bits per heavy atom. The zero-order valence-electron chi connectivity index (χ0n) is 11.2. The highest BCUT2D eigenvalue weighted by Gasteiger charge is 2.19. The summed E-state index contributed by atoms with van der Waals surface area (Å²) in [6, 6.07) is 8.54. The molecular weight excluding hydrogens is 312 g/mol. The van der Waals surface area contributed by atoms with Gasteiger partial charge in [0.2, 0.25) is 0 Å². The zero-order valence-corrected chi connectivity index (χ0v) is 12.7. The Morgan fingerprint density at radius 1 is 1.33 bits per heavy atom. The number of alkyl halides is 1. The first-order chi connectivity index (χ1) is 10.1. The second kappa shape index (κ2) is 5.62. The van der Waals surface area contributed by atoms with Gasteiger partial charge in [0.25, 0.3) is 0 Å². The van der Waals surface area contributed by atoms with Crippen molar-refractivity contribution < 1.29 is 4.39 Å². The SMILES string of the molecule is CC(c1ccccn1)n1c(CCl)nc2cc(F)c(Cl)cc21. The fraction of sp³-hybridized carbons (Fsp3) is 0.200. The summed E-state index contributed by atoms with van der Waals surface area (Å²) >= 11 is 11.9. The lowest BCUT2D eigenvalue weighted by Gasteiger charge is -2.16. The monoisotopic (exact) mass is 323 g/mol. The van der Waals surface area contributed by atoms with Crippen molar-refractivity contribution in [1.29, 1.82) is 0 Å². The van der Waals surface area contributed by atoms with Crippen LogP contribution in [0, 0.1) is 5.82 Å². The van der Waals surface area contributed by atoms with Crippen molar-refractivity contribution >= 4 is 34.2 Å². The first-order valence-electron chi connectivity index (χ1n) is 6.44. The van der Waals surface area contributed by atoms with Crippen LogP contribution in [-0.4, -0.2) is 14.5 Å². The van der Waals surface area contributed by atoms with Crippen LogP contribution in [0.1, 0.15) is 24.5 Å².